The maximum atomic E-state index is 11.3. The molecule has 1 aromatic carbocycles. The molecule has 0 aliphatic heterocycles. The Bertz CT molecular complexity index is 756. The number of aromatic nitrogens is 3. The van der Waals surface area contributed by atoms with E-state index in [0.717, 1.165) is 22.8 Å². The van der Waals surface area contributed by atoms with E-state index in [-0.39, 0.29) is 11.4 Å². The lowest BCUT2D eigenvalue weighted by Crippen LogP contribution is -2.12. The molecule has 7 heteroatoms. The van der Waals surface area contributed by atoms with E-state index in [9.17, 15) is 4.79 Å². The van der Waals surface area contributed by atoms with Gasteiger partial charge in [0.25, 0.3) is 5.91 Å². The van der Waals surface area contributed by atoms with Crippen molar-refractivity contribution >= 4 is 28.7 Å². The van der Waals surface area contributed by atoms with Gasteiger partial charge < -0.3 is 10.5 Å². The van der Waals surface area contributed by atoms with Gasteiger partial charge in [0.05, 0.1) is 11.7 Å². The fourth-order valence-corrected chi connectivity index (χ4v) is 2.11. The number of pyridine rings is 1. The topological polar surface area (TPSA) is 91.0 Å². The highest BCUT2D eigenvalue weighted by molar-refractivity contribution is 7.00. The average Bonchev–Trinajstić information content (AvgIpc) is 2.86. The Morgan fingerprint density at radius 2 is 2.05 bits per heavy atom. The fraction of sp³-hybridized carbons (Fsp3) is 0. The number of primary amides is 1. The van der Waals surface area contributed by atoms with Gasteiger partial charge in [0.15, 0.2) is 0 Å². The van der Waals surface area contributed by atoms with E-state index in [1.165, 1.54) is 6.20 Å². The molecule has 0 aliphatic rings. The summed E-state index contributed by atoms with van der Waals surface area (Å²) in [6, 6.07) is 8.45. The highest BCUT2D eigenvalue weighted by Gasteiger charge is 2.11. The van der Waals surface area contributed by atoms with Crippen molar-refractivity contribution in [2.24, 2.45) is 5.73 Å². The van der Waals surface area contributed by atoms with Crippen LogP contribution in [-0.4, -0.2) is 19.6 Å². The number of hydrogen-bond donors (Lipinski definition) is 1. The van der Waals surface area contributed by atoms with Crippen LogP contribution in [0.25, 0.3) is 11.0 Å². The number of nitrogens with two attached hydrogens (primary N) is 1. The maximum absolute atomic E-state index is 11.3. The number of carbonyl (C=O) groups excluding carboxylic acids is 1. The smallest absolute Gasteiger partial charge is 0.254 e. The standard InChI is InChI=1S/C12H8N4O2S/c13-11(17)8-2-1-5-14-12(8)18-7-3-4-9-10(6-7)16-19-15-9/h1-6H,(H2,13,17). The Hall–Kier alpha value is -2.54. The van der Waals surface area contributed by atoms with Crippen molar-refractivity contribution in [2.75, 3.05) is 0 Å². The van der Waals surface area contributed by atoms with Gasteiger partial charge in [-0.1, -0.05) is 0 Å². The van der Waals surface area contributed by atoms with E-state index in [4.69, 9.17) is 10.5 Å². The molecule has 3 rings (SSSR count). The number of hydrogen-bond acceptors (Lipinski definition) is 6. The van der Waals surface area contributed by atoms with Crippen LogP contribution in [0.5, 0.6) is 11.6 Å². The van der Waals surface area contributed by atoms with E-state index in [1.807, 2.05) is 0 Å². The minimum Gasteiger partial charge on any atom is -0.438 e. The second kappa shape index (κ2) is 4.62. The lowest BCUT2D eigenvalue weighted by atomic mass is 10.2. The normalized spacial score (nSPS) is 10.5. The molecule has 6 nitrogen and oxygen atoms in total. The fourth-order valence-electron chi connectivity index (χ4n) is 1.60. The Morgan fingerprint density at radius 3 is 2.89 bits per heavy atom. The molecule has 0 radical (unpaired) electrons. The molecular weight excluding hydrogens is 264 g/mol. The van der Waals surface area contributed by atoms with E-state index < -0.39 is 5.91 Å². The molecule has 0 unspecified atom stereocenters. The molecule has 3 aromatic rings. The number of benzene rings is 1. The summed E-state index contributed by atoms with van der Waals surface area (Å²) in [5, 5.41) is 0. The van der Waals surface area contributed by atoms with Crippen molar-refractivity contribution in [3.8, 4) is 11.6 Å². The van der Waals surface area contributed by atoms with E-state index in [0.29, 0.717) is 5.75 Å². The highest BCUT2D eigenvalue weighted by Crippen LogP contribution is 2.25. The molecule has 0 saturated heterocycles. The van der Waals surface area contributed by atoms with Crippen molar-refractivity contribution in [1.29, 1.82) is 0 Å². The van der Waals surface area contributed by atoms with Gasteiger partial charge in [-0.15, -0.1) is 0 Å². The van der Waals surface area contributed by atoms with Crippen molar-refractivity contribution in [3.63, 3.8) is 0 Å². The maximum Gasteiger partial charge on any atom is 0.254 e. The van der Waals surface area contributed by atoms with Gasteiger partial charge in [0, 0.05) is 12.3 Å². The number of ether oxygens (including phenoxy) is 1. The SMILES string of the molecule is NC(=O)c1cccnc1Oc1ccc2nsnc2c1. The Morgan fingerprint density at radius 1 is 1.21 bits per heavy atom. The van der Waals surface area contributed by atoms with Crippen LogP contribution in [0.2, 0.25) is 0 Å². The molecule has 2 N–H and O–H groups in total. The lowest BCUT2D eigenvalue weighted by molar-refractivity contribution is 0.0997. The van der Waals surface area contributed by atoms with Crippen LogP contribution < -0.4 is 10.5 Å². The molecule has 0 spiro atoms. The minimum atomic E-state index is -0.584. The van der Waals surface area contributed by atoms with Gasteiger partial charge in [0.1, 0.15) is 22.3 Å². The van der Waals surface area contributed by atoms with Gasteiger partial charge in [0.2, 0.25) is 5.88 Å². The molecular formula is C12H8N4O2S. The van der Waals surface area contributed by atoms with Crippen LogP contribution in [0, 0.1) is 0 Å². The summed E-state index contributed by atoms with van der Waals surface area (Å²) >= 11 is 1.13. The number of nitrogens with zero attached hydrogens (tertiary/aromatic N) is 3. The largest absolute Gasteiger partial charge is 0.438 e. The van der Waals surface area contributed by atoms with Crippen molar-refractivity contribution in [2.45, 2.75) is 0 Å². The van der Waals surface area contributed by atoms with Crippen molar-refractivity contribution < 1.29 is 9.53 Å². The number of rotatable bonds is 3. The predicted octanol–water partition coefficient (Wildman–Crippen LogP) is 1.98. The second-order valence-corrected chi connectivity index (χ2v) is 4.27. The van der Waals surface area contributed by atoms with Crippen LogP contribution in [-0.2, 0) is 0 Å². The van der Waals surface area contributed by atoms with Crippen LogP contribution in [0.3, 0.4) is 0 Å². The summed E-state index contributed by atoms with van der Waals surface area (Å²) in [5.74, 6) is 0.124. The van der Waals surface area contributed by atoms with E-state index in [1.54, 1.807) is 30.3 Å². The molecule has 94 valence electrons. The monoisotopic (exact) mass is 272 g/mol. The first-order valence-corrected chi connectivity index (χ1v) is 6.12. The zero-order valence-electron chi connectivity index (χ0n) is 9.61. The first-order valence-electron chi connectivity index (χ1n) is 5.39. The molecule has 2 heterocycles. The molecule has 1 amide bonds. The Balaban J connectivity index is 1.98. The third kappa shape index (κ3) is 2.23. The van der Waals surface area contributed by atoms with Crippen LogP contribution >= 0.6 is 11.7 Å². The third-order valence-electron chi connectivity index (χ3n) is 2.48. The van der Waals surface area contributed by atoms with Crippen molar-refractivity contribution in [1.82, 2.24) is 13.7 Å². The van der Waals surface area contributed by atoms with Gasteiger partial charge in [-0.05, 0) is 24.3 Å². The predicted molar refractivity (Wildman–Crippen MR) is 70.2 cm³/mol. The molecule has 0 aliphatic carbocycles. The molecule has 0 saturated carbocycles. The molecule has 0 atom stereocenters. The first kappa shape index (κ1) is 11.5. The summed E-state index contributed by atoms with van der Waals surface area (Å²) in [6.45, 7) is 0. The minimum absolute atomic E-state index is 0.178. The Labute approximate surface area is 112 Å². The van der Waals surface area contributed by atoms with E-state index >= 15 is 0 Å². The molecule has 19 heavy (non-hydrogen) atoms. The van der Waals surface area contributed by atoms with E-state index in [2.05, 4.69) is 13.7 Å². The molecule has 2 aromatic heterocycles. The first-order chi connectivity index (χ1) is 9.24. The zero-order chi connectivity index (χ0) is 13.2. The summed E-state index contributed by atoms with van der Waals surface area (Å²) in [4.78, 5) is 15.3. The van der Waals surface area contributed by atoms with Crippen LogP contribution in [0.4, 0.5) is 0 Å². The Kier molecular flexibility index (Phi) is 2.81. The number of amides is 1. The lowest BCUT2D eigenvalue weighted by Gasteiger charge is -2.07. The molecule has 0 bridgehead atoms. The zero-order valence-corrected chi connectivity index (χ0v) is 10.4. The van der Waals surface area contributed by atoms with Gasteiger partial charge in [-0.25, -0.2) is 4.98 Å². The second-order valence-electron chi connectivity index (χ2n) is 3.74. The quantitative estimate of drug-likeness (QED) is 0.787. The van der Waals surface area contributed by atoms with Crippen LogP contribution in [0.1, 0.15) is 10.4 Å². The summed E-state index contributed by atoms with van der Waals surface area (Å²) in [7, 11) is 0. The number of carbonyl (C=O) groups is 1. The summed E-state index contributed by atoms with van der Waals surface area (Å²) in [6.07, 6.45) is 1.53. The van der Waals surface area contributed by atoms with Gasteiger partial charge in [-0.3, -0.25) is 4.79 Å². The third-order valence-corrected chi connectivity index (χ3v) is 3.03. The van der Waals surface area contributed by atoms with Crippen molar-refractivity contribution in [3.05, 3.63) is 42.1 Å². The average molecular weight is 272 g/mol. The summed E-state index contributed by atoms with van der Waals surface area (Å²) in [5.41, 5.74) is 7.03. The highest BCUT2D eigenvalue weighted by atomic mass is 32.1. The number of fused-ring (bicyclic) bond motifs is 1. The molecule has 0 fully saturated rings. The van der Waals surface area contributed by atoms with Crippen LogP contribution in [0.15, 0.2) is 36.5 Å². The van der Waals surface area contributed by atoms with Gasteiger partial charge >= 0.3 is 0 Å². The summed E-state index contributed by atoms with van der Waals surface area (Å²) < 4.78 is 13.8. The van der Waals surface area contributed by atoms with Gasteiger partial charge in [-0.2, -0.15) is 8.75 Å².